The molecule has 0 fully saturated rings. The van der Waals surface area contributed by atoms with Crippen molar-refractivity contribution in [3.05, 3.63) is 52.7 Å². The summed E-state index contributed by atoms with van der Waals surface area (Å²) in [5, 5.41) is 0. The summed E-state index contributed by atoms with van der Waals surface area (Å²) >= 11 is 0. The zero-order valence-corrected chi connectivity index (χ0v) is 12.5. The third kappa shape index (κ3) is 4.23. The molecule has 5 heteroatoms. The van der Waals surface area contributed by atoms with Crippen molar-refractivity contribution >= 4 is 0 Å². The molecule has 2 N–H and O–H groups in total. The number of aromatic nitrogens is 2. The van der Waals surface area contributed by atoms with Gasteiger partial charge < -0.3 is 10.5 Å². The van der Waals surface area contributed by atoms with Gasteiger partial charge in [-0.3, -0.25) is 9.13 Å². The Bertz CT molecular complexity index is 599. The van der Waals surface area contributed by atoms with Crippen molar-refractivity contribution in [2.75, 3.05) is 13.2 Å². The largest absolute Gasteiger partial charge is 0.492 e. The minimum absolute atomic E-state index is 0.0266. The van der Waals surface area contributed by atoms with Gasteiger partial charge in [0.15, 0.2) is 0 Å². The first-order valence-electron chi connectivity index (χ1n) is 7.42. The highest BCUT2D eigenvalue weighted by molar-refractivity contribution is 5.27. The number of ether oxygens (including phenoxy) is 1. The van der Waals surface area contributed by atoms with E-state index in [1.54, 1.807) is 9.13 Å². The van der Waals surface area contributed by atoms with Crippen LogP contribution in [0.15, 0.2) is 41.5 Å². The Kier molecular flexibility index (Phi) is 5.63. The predicted molar refractivity (Wildman–Crippen MR) is 83.7 cm³/mol. The van der Waals surface area contributed by atoms with Crippen LogP contribution >= 0.6 is 0 Å². The molecule has 0 saturated heterocycles. The summed E-state index contributed by atoms with van der Waals surface area (Å²) in [7, 11) is 0. The van der Waals surface area contributed by atoms with Crippen LogP contribution in [0.4, 0.5) is 0 Å². The SMILES string of the molecule is CCCn1ccn(CCOc2ccc(CCN)cc2)c1=O. The zero-order chi connectivity index (χ0) is 15.1. The predicted octanol–water partition coefficient (Wildman–Crippen LogP) is 1.64. The Morgan fingerprint density at radius 3 is 2.38 bits per heavy atom. The molecule has 2 rings (SSSR count). The molecule has 1 aromatic carbocycles. The van der Waals surface area contributed by atoms with Crippen LogP contribution in [0.5, 0.6) is 5.75 Å². The lowest BCUT2D eigenvalue weighted by Crippen LogP contribution is -2.25. The van der Waals surface area contributed by atoms with Crippen molar-refractivity contribution in [3.8, 4) is 5.75 Å². The quantitative estimate of drug-likeness (QED) is 0.803. The van der Waals surface area contributed by atoms with Gasteiger partial charge in [-0.25, -0.2) is 4.79 Å². The summed E-state index contributed by atoms with van der Waals surface area (Å²) < 4.78 is 9.07. The van der Waals surface area contributed by atoms with E-state index >= 15 is 0 Å². The van der Waals surface area contributed by atoms with Crippen LogP contribution in [0.3, 0.4) is 0 Å². The Labute approximate surface area is 125 Å². The highest BCUT2D eigenvalue weighted by Gasteiger charge is 2.02. The maximum atomic E-state index is 12.0. The van der Waals surface area contributed by atoms with Gasteiger partial charge in [-0.2, -0.15) is 0 Å². The molecule has 1 aromatic heterocycles. The van der Waals surface area contributed by atoms with Crippen molar-refractivity contribution in [2.45, 2.75) is 32.9 Å². The second kappa shape index (κ2) is 7.69. The van der Waals surface area contributed by atoms with E-state index in [2.05, 4.69) is 6.92 Å². The molecule has 0 radical (unpaired) electrons. The molecule has 0 aliphatic carbocycles. The average Bonchev–Trinajstić information content (AvgIpc) is 2.83. The average molecular weight is 289 g/mol. The van der Waals surface area contributed by atoms with E-state index in [4.69, 9.17) is 10.5 Å². The number of imidazole rings is 1. The van der Waals surface area contributed by atoms with Crippen molar-refractivity contribution in [2.24, 2.45) is 5.73 Å². The monoisotopic (exact) mass is 289 g/mol. The van der Waals surface area contributed by atoms with E-state index in [1.807, 2.05) is 36.7 Å². The first-order chi connectivity index (χ1) is 10.2. The van der Waals surface area contributed by atoms with Gasteiger partial charge in [0, 0.05) is 18.9 Å². The van der Waals surface area contributed by atoms with Crippen LogP contribution in [0, 0.1) is 0 Å². The van der Waals surface area contributed by atoms with Crippen molar-refractivity contribution < 1.29 is 4.74 Å². The second-order valence-electron chi connectivity index (χ2n) is 5.00. The number of hydrogen-bond acceptors (Lipinski definition) is 3. The lowest BCUT2D eigenvalue weighted by atomic mass is 10.1. The van der Waals surface area contributed by atoms with Crippen molar-refractivity contribution in [3.63, 3.8) is 0 Å². The maximum Gasteiger partial charge on any atom is 0.328 e. The highest BCUT2D eigenvalue weighted by atomic mass is 16.5. The van der Waals surface area contributed by atoms with Crippen molar-refractivity contribution in [1.82, 2.24) is 9.13 Å². The van der Waals surface area contributed by atoms with Gasteiger partial charge in [0.2, 0.25) is 0 Å². The number of rotatable bonds is 8. The van der Waals surface area contributed by atoms with E-state index < -0.39 is 0 Å². The molecule has 0 aliphatic rings. The molecule has 0 atom stereocenters. The minimum Gasteiger partial charge on any atom is -0.492 e. The van der Waals surface area contributed by atoms with E-state index in [-0.39, 0.29) is 5.69 Å². The normalized spacial score (nSPS) is 10.8. The fourth-order valence-electron chi connectivity index (χ4n) is 2.22. The highest BCUT2D eigenvalue weighted by Crippen LogP contribution is 2.12. The van der Waals surface area contributed by atoms with Gasteiger partial charge in [0.05, 0.1) is 6.54 Å². The number of nitrogens with two attached hydrogens (primary N) is 1. The number of aryl methyl sites for hydroxylation is 1. The maximum absolute atomic E-state index is 12.0. The molecular weight excluding hydrogens is 266 g/mol. The molecule has 0 aliphatic heterocycles. The van der Waals surface area contributed by atoms with Crippen LogP contribution in [0.1, 0.15) is 18.9 Å². The number of hydrogen-bond donors (Lipinski definition) is 1. The molecule has 114 valence electrons. The summed E-state index contributed by atoms with van der Waals surface area (Å²) in [6, 6.07) is 7.92. The Morgan fingerprint density at radius 2 is 1.76 bits per heavy atom. The fourth-order valence-corrected chi connectivity index (χ4v) is 2.22. The molecule has 5 nitrogen and oxygen atoms in total. The molecule has 2 aromatic rings. The Morgan fingerprint density at radius 1 is 1.10 bits per heavy atom. The lowest BCUT2D eigenvalue weighted by molar-refractivity contribution is 0.295. The molecule has 0 amide bonds. The molecular formula is C16H23N3O2. The molecule has 0 unspecified atom stereocenters. The first-order valence-corrected chi connectivity index (χ1v) is 7.42. The standard InChI is InChI=1S/C16H23N3O2/c1-2-9-18-10-11-19(16(18)20)12-13-21-15-5-3-14(4-6-15)7-8-17/h3-6,10-11H,2,7-9,12-13,17H2,1H3. The van der Waals surface area contributed by atoms with E-state index in [9.17, 15) is 4.79 Å². The smallest absolute Gasteiger partial charge is 0.328 e. The van der Waals surface area contributed by atoms with Crippen LogP contribution in [0.25, 0.3) is 0 Å². The van der Waals surface area contributed by atoms with Crippen LogP contribution < -0.4 is 16.2 Å². The van der Waals surface area contributed by atoms with E-state index in [0.717, 1.165) is 25.1 Å². The fraction of sp³-hybridized carbons (Fsp3) is 0.438. The number of nitrogens with zero attached hydrogens (tertiary/aromatic N) is 2. The third-order valence-corrected chi connectivity index (χ3v) is 3.34. The Hall–Kier alpha value is -2.01. The van der Waals surface area contributed by atoms with Gasteiger partial charge >= 0.3 is 5.69 Å². The second-order valence-corrected chi connectivity index (χ2v) is 5.00. The Balaban J connectivity index is 1.85. The van der Waals surface area contributed by atoms with E-state index in [1.165, 1.54) is 5.56 Å². The molecule has 0 saturated carbocycles. The molecule has 21 heavy (non-hydrogen) atoms. The van der Waals surface area contributed by atoms with Gasteiger partial charge in [0.1, 0.15) is 12.4 Å². The third-order valence-electron chi connectivity index (χ3n) is 3.34. The first kappa shape index (κ1) is 15.4. The summed E-state index contributed by atoms with van der Waals surface area (Å²) in [5.41, 5.74) is 6.75. The summed E-state index contributed by atoms with van der Waals surface area (Å²) in [4.78, 5) is 12.0. The minimum atomic E-state index is 0.0266. The summed E-state index contributed by atoms with van der Waals surface area (Å²) in [5.74, 6) is 0.816. The van der Waals surface area contributed by atoms with E-state index in [0.29, 0.717) is 19.7 Å². The molecule has 0 bridgehead atoms. The van der Waals surface area contributed by atoms with Crippen molar-refractivity contribution in [1.29, 1.82) is 0 Å². The van der Waals surface area contributed by atoms with Gasteiger partial charge in [-0.1, -0.05) is 19.1 Å². The van der Waals surface area contributed by atoms with Gasteiger partial charge in [-0.05, 0) is 37.1 Å². The summed E-state index contributed by atoms with van der Waals surface area (Å²) in [6.07, 6.45) is 5.47. The van der Waals surface area contributed by atoms with Crippen LogP contribution in [-0.2, 0) is 19.5 Å². The van der Waals surface area contributed by atoms with Gasteiger partial charge in [-0.15, -0.1) is 0 Å². The van der Waals surface area contributed by atoms with Crippen LogP contribution in [0.2, 0.25) is 0 Å². The number of benzene rings is 1. The zero-order valence-electron chi connectivity index (χ0n) is 12.5. The molecule has 1 heterocycles. The lowest BCUT2D eigenvalue weighted by Gasteiger charge is -2.07. The van der Waals surface area contributed by atoms with Gasteiger partial charge in [0.25, 0.3) is 0 Å². The van der Waals surface area contributed by atoms with Crippen LogP contribution in [-0.4, -0.2) is 22.3 Å². The topological polar surface area (TPSA) is 62.2 Å². The summed E-state index contributed by atoms with van der Waals surface area (Å²) in [6.45, 7) is 4.50. The molecule has 0 spiro atoms.